The van der Waals surface area contributed by atoms with Crippen molar-refractivity contribution in [3.63, 3.8) is 0 Å². The zero-order valence-electron chi connectivity index (χ0n) is 12.6. The molecular weight excluding hydrogens is 314 g/mol. The molecule has 2 rings (SSSR count). The van der Waals surface area contributed by atoms with E-state index < -0.39 is 4.92 Å². The maximum Gasteiger partial charge on any atom is 0.274 e. The molecule has 23 heavy (non-hydrogen) atoms. The molecule has 2 aromatic carbocycles. The summed E-state index contributed by atoms with van der Waals surface area (Å²) in [6, 6.07) is 11.8. The first-order valence-corrected chi connectivity index (χ1v) is 7.22. The molecule has 7 heteroatoms. The standard InChI is InChI=1S/C16H15N3O3S/c1-10-5-3-4-6-13(10)15(20)18-16(23)17-12-8-7-11(2)14(9-12)19(21)22/h3-9H,1-2H3,(H2,17,18,20,23). The molecule has 0 aliphatic carbocycles. The summed E-state index contributed by atoms with van der Waals surface area (Å²) in [6.45, 7) is 3.48. The molecule has 0 aromatic heterocycles. The molecule has 0 spiro atoms. The van der Waals surface area contributed by atoms with Crippen molar-refractivity contribution in [1.82, 2.24) is 5.32 Å². The highest BCUT2D eigenvalue weighted by Gasteiger charge is 2.13. The Morgan fingerprint density at radius 2 is 1.83 bits per heavy atom. The van der Waals surface area contributed by atoms with E-state index in [4.69, 9.17) is 12.2 Å². The minimum absolute atomic E-state index is 0.0111. The van der Waals surface area contributed by atoms with Gasteiger partial charge in [-0.05, 0) is 43.8 Å². The highest BCUT2D eigenvalue weighted by atomic mass is 32.1. The molecule has 0 radical (unpaired) electrons. The Kier molecular flexibility index (Phi) is 5.02. The van der Waals surface area contributed by atoms with Crippen molar-refractivity contribution in [1.29, 1.82) is 0 Å². The van der Waals surface area contributed by atoms with Gasteiger partial charge in [0, 0.05) is 22.9 Å². The van der Waals surface area contributed by atoms with Gasteiger partial charge in [-0.3, -0.25) is 20.2 Å². The van der Waals surface area contributed by atoms with Crippen LogP contribution in [0.2, 0.25) is 0 Å². The summed E-state index contributed by atoms with van der Waals surface area (Å²) in [4.78, 5) is 22.6. The molecule has 2 N–H and O–H groups in total. The fourth-order valence-corrected chi connectivity index (χ4v) is 2.25. The second-order valence-corrected chi connectivity index (χ2v) is 5.39. The number of aryl methyl sites for hydroxylation is 2. The summed E-state index contributed by atoms with van der Waals surface area (Å²) in [7, 11) is 0. The monoisotopic (exact) mass is 329 g/mol. The molecule has 0 fully saturated rings. The summed E-state index contributed by atoms with van der Waals surface area (Å²) in [6.07, 6.45) is 0. The molecule has 0 unspecified atom stereocenters. The first kappa shape index (κ1) is 16.6. The number of hydrogen-bond donors (Lipinski definition) is 2. The maximum absolute atomic E-state index is 12.1. The number of carbonyl (C=O) groups is 1. The number of amides is 1. The third-order valence-corrected chi connectivity index (χ3v) is 3.48. The highest BCUT2D eigenvalue weighted by molar-refractivity contribution is 7.80. The Labute approximate surface area is 138 Å². The highest BCUT2D eigenvalue weighted by Crippen LogP contribution is 2.22. The topological polar surface area (TPSA) is 84.3 Å². The minimum Gasteiger partial charge on any atom is -0.332 e. The summed E-state index contributed by atoms with van der Waals surface area (Å²) < 4.78 is 0. The predicted octanol–water partition coefficient (Wildman–Crippen LogP) is 3.34. The average Bonchev–Trinajstić information content (AvgIpc) is 2.49. The van der Waals surface area contributed by atoms with E-state index in [0.29, 0.717) is 16.8 Å². The Hall–Kier alpha value is -2.80. The number of nitro groups is 1. The van der Waals surface area contributed by atoms with E-state index in [2.05, 4.69) is 10.6 Å². The van der Waals surface area contributed by atoms with E-state index in [0.717, 1.165) is 5.56 Å². The lowest BCUT2D eigenvalue weighted by atomic mass is 10.1. The first-order valence-electron chi connectivity index (χ1n) is 6.81. The van der Waals surface area contributed by atoms with Gasteiger partial charge in [-0.1, -0.05) is 24.3 Å². The lowest BCUT2D eigenvalue weighted by molar-refractivity contribution is -0.385. The summed E-state index contributed by atoms with van der Waals surface area (Å²) in [5, 5.41) is 16.4. The van der Waals surface area contributed by atoms with Crippen LogP contribution >= 0.6 is 12.2 Å². The Balaban J connectivity index is 2.08. The average molecular weight is 329 g/mol. The van der Waals surface area contributed by atoms with Crippen molar-refractivity contribution in [3.8, 4) is 0 Å². The Morgan fingerprint density at radius 3 is 2.48 bits per heavy atom. The van der Waals surface area contributed by atoms with Crippen molar-refractivity contribution in [2.24, 2.45) is 0 Å². The van der Waals surface area contributed by atoms with E-state index >= 15 is 0 Å². The number of anilines is 1. The van der Waals surface area contributed by atoms with Crippen LogP contribution in [-0.4, -0.2) is 15.9 Å². The Morgan fingerprint density at radius 1 is 1.13 bits per heavy atom. The zero-order chi connectivity index (χ0) is 17.0. The van der Waals surface area contributed by atoms with Gasteiger partial charge >= 0.3 is 0 Å². The van der Waals surface area contributed by atoms with Gasteiger partial charge in [-0.15, -0.1) is 0 Å². The van der Waals surface area contributed by atoms with Crippen LogP contribution < -0.4 is 10.6 Å². The number of carbonyl (C=O) groups excluding carboxylic acids is 1. The molecule has 0 saturated heterocycles. The van der Waals surface area contributed by atoms with Crippen LogP contribution in [0.5, 0.6) is 0 Å². The number of nitro benzene ring substituents is 1. The SMILES string of the molecule is Cc1ccccc1C(=O)NC(=S)Nc1ccc(C)c([N+](=O)[O-])c1. The smallest absolute Gasteiger partial charge is 0.274 e. The molecular formula is C16H15N3O3S. The second-order valence-electron chi connectivity index (χ2n) is 4.98. The first-order chi connectivity index (χ1) is 10.9. The summed E-state index contributed by atoms with van der Waals surface area (Å²) >= 11 is 5.08. The number of rotatable bonds is 3. The van der Waals surface area contributed by atoms with Gasteiger partial charge in [-0.2, -0.15) is 0 Å². The van der Waals surface area contributed by atoms with Crippen LogP contribution in [0.3, 0.4) is 0 Å². The third-order valence-electron chi connectivity index (χ3n) is 3.28. The predicted molar refractivity (Wildman–Crippen MR) is 92.7 cm³/mol. The largest absolute Gasteiger partial charge is 0.332 e. The van der Waals surface area contributed by atoms with Crippen LogP contribution in [0, 0.1) is 24.0 Å². The number of nitrogens with one attached hydrogen (secondary N) is 2. The van der Waals surface area contributed by atoms with Gasteiger partial charge in [0.2, 0.25) is 0 Å². The van der Waals surface area contributed by atoms with E-state index in [1.54, 1.807) is 31.2 Å². The van der Waals surface area contributed by atoms with Gasteiger partial charge in [0.05, 0.1) is 4.92 Å². The molecule has 6 nitrogen and oxygen atoms in total. The van der Waals surface area contributed by atoms with Gasteiger partial charge < -0.3 is 5.32 Å². The van der Waals surface area contributed by atoms with Crippen molar-refractivity contribution >= 4 is 34.6 Å². The number of hydrogen-bond acceptors (Lipinski definition) is 4. The van der Waals surface area contributed by atoms with Gasteiger partial charge in [0.1, 0.15) is 0 Å². The fraction of sp³-hybridized carbons (Fsp3) is 0.125. The van der Waals surface area contributed by atoms with Gasteiger partial charge in [-0.25, -0.2) is 0 Å². The van der Waals surface area contributed by atoms with Crippen LogP contribution in [0.25, 0.3) is 0 Å². The second kappa shape index (κ2) is 6.97. The van der Waals surface area contributed by atoms with Crippen LogP contribution in [-0.2, 0) is 0 Å². The maximum atomic E-state index is 12.1. The summed E-state index contributed by atoms with van der Waals surface area (Å²) in [5.74, 6) is -0.331. The van der Waals surface area contributed by atoms with Crippen LogP contribution in [0.4, 0.5) is 11.4 Å². The van der Waals surface area contributed by atoms with Crippen molar-refractivity contribution in [2.75, 3.05) is 5.32 Å². The molecule has 118 valence electrons. The van der Waals surface area contributed by atoms with Gasteiger partial charge in [0.25, 0.3) is 11.6 Å². The molecule has 0 saturated carbocycles. The molecule has 0 aliphatic heterocycles. The lowest BCUT2D eigenvalue weighted by Gasteiger charge is -2.11. The third kappa shape index (κ3) is 4.10. The van der Waals surface area contributed by atoms with Crippen LogP contribution in [0.1, 0.15) is 21.5 Å². The number of benzene rings is 2. The van der Waals surface area contributed by atoms with E-state index in [9.17, 15) is 14.9 Å². The van der Waals surface area contributed by atoms with Crippen molar-refractivity contribution < 1.29 is 9.72 Å². The molecule has 0 aliphatic rings. The molecule has 2 aromatic rings. The van der Waals surface area contributed by atoms with Gasteiger partial charge in [0.15, 0.2) is 5.11 Å². The summed E-state index contributed by atoms with van der Waals surface area (Å²) in [5.41, 5.74) is 2.33. The number of nitrogens with zero attached hydrogens (tertiary/aromatic N) is 1. The molecule has 0 bridgehead atoms. The Bertz CT molecular complexity index is 790. The fourth-order valence-electron chi connectivity index (χ4n) is 2.04. The quantitative estimate of drug-likeness (QED) is 0.512. The molecule has 0 atom stereocenters. The van der Waals surface area contributed by atoms with E-state index in [-0.39, 0.29) is 16.7 Å². The molecule has 0 heterocycles. The lowest BCUT2D eigenvalue weighted by Crippen LogP contribution is -2.34. The van der Waals surface area contributed by atoms with Crippen molar-refractivity contribution in [3.05, 3.63) is 69.3 Å². The van der Waals surface area contributed by atoms with Crippen LogP contribution in [0.15, 0.2) is 42.5 Å². The van der Waals surface area contributed by atoms with E-state index in [1.807, 2.05) is 19.1 Å². The minimum atomic E-state index is -0.463. The normalized spacial score (nSPS) is 10.0. The zero-order valence-corrected chi connectivity index (χ0v) is 13.4. The number of thiocarbonyl (C=S) groups is 1. The molecule has 1 amide bonds. The van der Waals surface area contributed by atoms with E-state index in [1.165, 1.54) is 6.07 Å². The van der Waals surface area contributed by atoms with Crippen molar-refractivity contribution in [2.45, 2.75) is 13.8 Å².